The van der Waals surface area contributed by atoms with Gasteiger partial charge in [-0.15, -0.1) is 0 Å². The van der Waals surface area contributed by atoms with Gasteiger partial charge < -0.3 is 14.8 Å². The molecule has 1 N–H and O–H groups in total. The largest absolute Gasteiger partial charge is 0.493 e. The van der Waals surface area contributed by atoms with Crippen LogP contribution in [0.25, 0.3) is 22.3 Å². The average Bonchev–Trinajstić information content (AvgIpc) is 2.73. The molecule has 0 atom stereocenters. The van der Waals surface area contributed by atoms with Gasteiger partial charge in [0.2, 0.25) is 0 Å². The van der Waals surface area contributed by atoms with Crippen LogP contribution >= 0.6 is 0 Å². The molecule has 140 valence electrons. The number of benzene rings is 3. The molecule has 4 aromatic rings. The number of halogens is 1. The Kier molecular flexibility index (Phi) is 4.76. The van der Waals surface area contributed by atoms with E-state index in [1.54, 1.807) is 26.4 Å². The second-order valence-corrected chi connectivity index (χ2v) is 6.12. The molecule has 0 saturated carbocycles. The molecule has 0 unspecified atom stereocenters. The van der Waals surface area contributed by atoms with E-state index in [0.29, 0.717) is 28.8 Å². The quantitative estimate of drug-likeness (QED) is 0.520. The fourth-order valence-corrected chi connectivity index (χ4v) is 2.98. The average molecular weight is 375 g/mol. The zero-order chi connectivity index (χ0) is 19.5. The van der Waals surface area contributed by atoms with Gasteiger partial charge in [0.05, 0.1) is 19.7 Å². The van der Waals surface area contributed by atoms with E-state index < -0.39 is 0 Å². The molecule has 6 heteroatoms. The van der Waals surface area contributed by atoms with Crippen LogP contribution < -0.4 is 14.8 Å². The van der Waals surface area contributed by atoms with Gasteiger partial charge in [0.15, 0.2) is 17.3 Å². The number of hydrogen-bond acceptors (Lipinski definition) is 5. The first kappa shape index (κ1) is 17.7. The van der Waals surface area contributed by atoms with Crippen LogP contribution in [-0.4, -0.2) is 24.2 Å². The molecule has 5 nitrogen and oxygen atoms in total. The van der Waals surface area contributed by atoms with Gasteiger partial charge in [-0.3, -0.25) is 0 Å². The molecular formula is C22H18FN3O2. The molecule has 0 amide bonds. The SMILES string of the molecule is COc1ccc(-c2nc(Nc3cccc(F)c3)c3ccccc3n2)cc1OC. The number of anilines is 2. The number of methoxy groups -OCH3 is 2. The van der Waals surface area contributed by atoms with E-state index in [0.717, 1.165) is 16.5 Å². The van der Waals surface area contributed by atoms with E-state index in [1.807, 2.05) is 42.5 Å². The number of nitrogens with one attached hydrogen (secondary N) is 1. The predicted octanol–water partition coefficient (Wildman–Crippen LogP) is 5.20. The third-order valence-corrected chi connectivity index (χ3v) is 4.33. The van der Waals surface area contributed by atoms with Gasteiger partial charge in [-0.1, -0.05) is 18.2 Å². The molecule has 0 radical (unpaired) electrons. The molecular weight excluding hydrogens is 357 g/mol. The van der Waals surface area contributed by atoms with Crippen LogP contribution in [0.15, 0.2) is 66.7 Å². The molecule has 0 spiro atoms. The molecule has 0 fully saturated rings. The van der Waals surface area contributed by atoms with Crippen LogP contribution in [0.5, 0.6) is 11.5 Å². The lowest BCUT2D eigenvalue weighted by Gasteiger charge is -2.12. The van der Waals surface area contributed by atoms with Gasteiger partial charge in [0, 0.05) is 16.6 Å². The number of fused-ring (bicyclic) bond motifs is 1. The molecule has 1 aromatic heterocycles. The smallest absolute Gasteiger partial charge is 0.162 e. The minimum Gasteiger partial charge on any atom is -0.493 e. The van der Waals surface area contributed by atoms with Gasteiger partial charge in [0.1, 0.15) is 11.6 Å². The highest BCUT2D eigenvalue weighted by Gasteiger charge is 2.12. The van der Waals surface area contributed by atoms with Crippen molar-refractivity contribution < 1.29 is 13.9 Å². The maximum Gasteiger partial charge on any atom is 0.162 e. The minimum absolute atomic E-state index is 0.316. The highest BCUT2D eigenvalue weighted by atomic mass is 19.1. The van der Waals surface area contributed by atoms with Crippen molar-refractivity contribution in [3.63, 3.8) is 0 Å². The summed E-state index contributed by atoms with van der Waals surface area (Å²) < 4.78 is 24.3. The van der Waals surface area contributed by atoms with Crippen molar-refractivity contribution in [2.24, 2.45) is 0 Å². The molecule has 1 heterocycles. The van der Waals surface area contributed by atoms with E-state index in [-0.39, 0.29) is 5.82 Å². The Morgan fingerprint density at radius 2 is 1.64 bits per heavy atom. The van der Waals surface area contributed by atoms with Crippen LogP contribution in [-0.2, 0) is 0 Å². The second kappa shape index (κ2) is 7.52. The lowest BCUT2D eigenvalue weighted by molar-refractivity contribution is 0.355. The first-order valence-electron chi connectivity index (χ1n) is 8.69. The number of hydrogen-bond donors (Lipinski definition) is 1. The van der Waals surface area contributed by atoms with Gasteiger partial charge in [-0.05, 0) is 48.5 Å². The fourth-order valence-electron chi connectivity index (χ4n) is 2.98. The number of rotatable bonds is 5. The Morgan fingerprint density at radius 3 is 2.43 bits per heavy atom. The Hall–Kier alpha value is -3.67. The van der Waals surface area contributed by atoms with Gasteiger partial charge in [0.25, 0.3) is 0 Å². The van der Waals surface area contributed by atoms with Crippen LogP contribution in [0.1, 0.15) is 0 Å². The van der Waals surface area contributed by atoms with E-state index in [2.05, 4.69) is 15.3 Å². The number of aromatic nitrogens is 2. The van der Waals surface area contributed by atoms with E-state index in [9.17, 15) is 4.39 Å². The molecule has 0 bridgehead atoms. The van der Waals surface area contributed by atoms with E-state index in [4.69, 9.17) is 9.47 Å². The molecule has 0 aliphatic rings. The summed E-state index contributed by atoms with van der Waals surface area (Å²) in [4.78, 5) is 9.36. The van der Waals surface area contributed by atoms with Crippen molar-refractivity contribution in [1.82, 2.24) is 9.97 Å². The van der Waals surface area contributed by atoms with Gasteiger partial charge in [-0.2, -0.15) is 0 Å². The summed E-state index contributed by atoms with van der Waals surface area (Å²) in [5, 5.41) is 4.05. The molecule has 3 aromatic carbocycles. The van der Waals surface area contributed by atoms with Crippen LogP contribution in [0.3, 0.4) is 0 Å². The zero-order valence-corrected chi connectivity index (χ0v) is 15.4. The topological polar surface area (TPSA) is 56.3 Å². The summed E-state index contributed by atoms with van der Waals surface area (Å²) in [5.41, 5.74) is 2.17. The van der Waals surface area contributed by atoms with Gasteiger partial charge in [-0.25, -0.2) is 14.4 Å². The van der Waals surface area contributed by atoms with Crippen LogP contribution in [0.2, 0.25) is 0 Å². The van der Waals surface area contributed by atoms with Crippen LogP contribution in [0, 0.1) is 5.82 Å². The monoisotopic (exact) mass is 375 g/mol. The van der Waals surface area contributed by atoms with Crippen molar-refractivity contribution >= 4 is 22.4 Å². The normalized spacial score (nSPS) is 10.7. The molecule has 0 saturated heterocycles. The Labute approximate surface area is 161 Å². The number of nitrogens with zero attached hydrogens (tertiary/aromatic N) is 2. The van der Waals surface area contributed by atoms with E-state index in [1.165, 1.54) is 12.1 Å². The zero-order valence-electron chi connectivity index (χ0n) is 15.4. The van der Waals surface area contributed by atoms with Crippen molar-refractivity contribution in [1.29, 1.82) is 0 Å². The highest BCUT2D eigenvalue weighted by molar-refractivity contribution is 5.92. The Morgan fingerprint density at radius 1 is 0.821 bits per heavy atom. The van der Waals surface area contributed by atoms with Crippen molar-refractivity contribution in [3.8, 4) is 22.9 Å². The molecule has 0 aliphatic heterocycles. The maximum absolute atomic E-state index is 13.6. The first-order chi connectivity index (χ1) is 13.7. The number of para-hydroxylation sites is 1. The predicted molar refractivity (Wildman–Crippen MR) is 108 cm³/mol. The standard InChI is InChI=1S/C22H18FN3O2/c1-27-19-11-10-14(12-20(19)28-2)21-25-18-9-4-3-8-17(18)22(26-21)24-16-7-5-6-15(23)13-16/h3-13H,1-2H3,(H,24,25,26). The minimum atomic E-state index is -0.316. The van der Waals surface area contributed by atoms with Gasteiger partial charge >= 0.3 is 0 Å². The third kappa shape index (κ3) is 3.44. The first-order valence-corrected chi connectivity index (χ1v) is 8.69. The maximum atomic E-state index is 13.6. The number of ether oxygens (including phenoxy) is 2. The molecule has 28 heavy (non-hydrogen) atoms. The molecule has 4 rings (SSSR count). The summed E-state index contributed by atoms with van der Waals surface area (Å²) in [7, 11) is 3.17. The van der Waals surface area contributed by atoms with Crippen molar-refractivity contribution in [3.05, 3.63) is 72.5 Å². The lowest BCUT2D eigenvalue weighted by atomic mass is 10.1. The second-order valence-electron chi connectivity index (χ2n) is 6.12. The third-order valence-electron chi connectivity index (χ3n) is 4.33. The highest BCUT2D eigenvalue weighted by Crippen LogP contribution is 2.33. The molecule has 0 aliphatic carbocycles. The summed E-state index contributed by atoms with van der Waals surface area (Å²) >= 11 is 0. The summed E-state index contributed by atoms with van der Waals surface area (Å²) in [6.45, 7) is 0. The summed E-state index contributed by atoms with van der Waals surface area (Å²) in [6.07, 6.45) is 0. The van der Waals surface area contributed by atoms with E-state index >= 15 is 0 Å². The Balaban J connectivity index is 1.84. The summed E-state index contributed by atoms with van der Waals surface area (Å²) in [5.74, 6) is 2.03. The van der Waals surface area contributed by atoms with Crippen LogP contribution in [0.4, 0.5) is 15.9 Å². The van der Waals surface area contributed by atoms with Crippen molar-refractivity contribution in [2.75, 3.05) is 19.5 Å². The fraction of sp³-hybridized carbons (Fsp3) is 0.0909. The van der Waals surface area contributed by atoms with Crippen molar-refractivity contribution in [2.45, 2.75) is 0 Å². The summed E-state index contributed by atoms with van der Waals surface area (Å²) in [6, 6.07) is 19.4. The Bertz CT molecular complexity index is 1150. The lowest BCUT2D eigenvalue weighted by Crippen LogP contribution is -2.00.